The Labute approximate surface area is 133 Å². The highest BCUT2D eigenvalue weighted by atomic mass is 16.6. The third kappa shape index (κ3) is 3.61. The Kier molecular flexibility index (Phi) is 4.45. The normalized spacial score (nSPS) is 21.5. The number of carbonyl (C=O) groups excluding carboxylic acids is 3. The van der Waals surface area contributed by atoms with Gasteiger partial charge in [-0.2, -0.15) is 0 Å². The second kappa shape index (κ2) is 6.68. The van der Waals surface area contributed by atoms with Crippen LogP contribution in [0.25, 0.3) is 0 Å². The molecule has 0 spiro atoms. The van der Waals surface area contributed by atoms with E-state index in [1.54, 1.807) is 24.3 Å². The number of urea groups is 1. The third-order valence-corrected chi connectivity index (χ3v) is 4.12. The molecule has 1 saturated carbocycles. The van der Waals surface area contributed by atoms with E-state index < -0.39 is 18.1 Å². The molecule has 0 aromatic heterocycles. The van der Waals surface area contributed by atoms with E-state index in [-0.39, 0.29) is 12.1 Å². The van der Waals surface area contributed by atoms with Gasteiger partial charge in [-0.15, -0.1) is 0 Å². The van der Waals surface area contributed by atoms with Crippen molar-refractivity contribution >= 4 is 23.7 Å². The van der Waals surface area contributed by atoms with Crippen molar-refractivity contribution < 1.29 is 19.1 Å². The molecule has 2 aliphatic rings. The highest BCUT2D eigenvalue weighted by Gasteiger charge is 2.35. The molecular formula is C16H19N3O4. The predicted molar refractivity (Wildman–Crippen MR) is 82.8 cm³/mol. The fourth-order valence-corrected chi connectivity index (χ4v) is 2.99. The summed E-state index contributed by atoms with van der Waals surface area (Å²) < 4.78 is 4.96. The average molecular weight is 317 g/mol. The standard InChI is InChI=1S/C16H19N3O4/c20-14-13(23-16(22)19-14)11-8-4-5-9-12(11)18-15(21)17-10-6-2-1-3-7-10/h4-5,8-10,13H,1-3,6-7H2,(H2,17,18,21)(H,19,20,22). The maximum absolute atomic E-state index is 12.2. The number of hydrogen-bond acceptors (Lipinski definition) is 4. The van der Waals surface area contributed by atoms with E-state index in [2.05, 4.69) is 16.0 Å². The van der Waals surface area contributed by atoms with Crippen LogP contribution in [0.3, 0.4) is 0 Å². The maximum atomic E-state index is 12.2. The summed E-state index contributed by atoms with van der Waals surface area (Å²) in [5.41, 5.74) is 0.908. The summed E-state index contributed by atoms with van der Waals surface area (Å²) in [6.45, 7) is 0. The maximum Gasteiger partial charge on any atom is 0.415 e. The van der Waals surface area contributed by atoms with E-state index in [1.165, 1.54) is 6.42 Å². The lowest BCUT2D eigenvalue weighted by Crippen LogP contribution is -2.39. The lowest BCUT2D eigenvalue weighted by Gasteiger charge is -2.23. The molecule has 7 nitrogen and oxygen atoms in total. The van der Waals surface area contributed by atoms with Gasteiger partial charge in [-0.3, -0.25) is 10.1 Å². The Morgan fingerprint density at radius 1 is 1.13 bits per heavy atom. The van der Waals surface area contributed by atoms with Crippen LogP contribution in [0.1, 0.15) is 43.8 Å². The molecule has 0 radical (unpaired) electrons. The van der Waals surface area contributed by atoms with Crippen LogP contribution in [0, 0.1) is 0 Å². The summed E-state index contributed by atoms with van der Waals surface area (Å²) in [5, 5.41) is 7.78. The summed E-state index contributed by atoms with van der Waals surface area (Å²) in [6.07, 6.45) is 3.62. The zero-order valence-corrected chi connectivity index (χ0v) is 12.6. The molecule has 7 heteroatoms. The Morgan fingerprint density at radius 2 is 1.87 bits per heavy atom. The first-order valence-corrected chi connectivity index (χ1v) is 7.81. The smallest absolute Gasteiger partial charge is 0.415 e. The zero-order chi connectivity index (χ0) is 16.2. The molecule has 0 bridgehead atoms. The Bertz CT molecular complexity index is 626. The van der Waals surface area contributed by atoms with Crippen molar-refractivity contribution in [2.75, 3.05) is 5.32 Å². The topological polar surface area (TPSA) is 96.5 Å². The van der Waals surface area contributed by atoms with Gasteiger partial charge in [0.2, 0.25) is 6.10 Å². The molecule has 1 aromatic rings. The van der Waals surface area contributed by atoms with Crippen LogP contribution < -0.4 is 16.0 Å². The number of anilines is 1. The number of carbonyl (C=O) groups is 3. The second-order valence-corrected chi connectivity index (χ2v) is 5.80. The lowest BCUT2D eigenvalue weighted by atomic mass is 9.96. The second-order valence-electron chi connectivity index (χ2n) is 5.80. The monoisotopic (exact) mass is 317 g/mol. The molecule has 1 aromatic carbocycles. The van der Waals surface area contributed by atoms with Gasteiger partial charge in [0, 0.05) is 17.3 Å². The highest BCUT2D eigenvalue weighted by Crippen LogP contribution is 2.28. The van der Waals surface area contributed by atoms with Crippen LogP contribution in [0.5, 0.6) is 0 Å². The van der Waals surface area contributed by atoms with Crippen LogP contribution in [0.2, 0.25) is 0 Å². The van der Waals surface area contributed by atoms with Gasteiger partial charge in [-0.1, -0.05) is 37.5 Å². The molecule has 2 fully saturated rings. The Balaban J connectivity index is 1.69. The molecule has 4 amide bonds. The van der Waals surface area contributed by atoms with Crippen molar-refractivity contribution in [3.05, 3.63) is 29.8 Å². The molecule has 1 aliphatic heterocycles. The molecule has 1 saturated heterocycles. The van der Waals surface area contributed by atoms with Crippen LogP contribution in [-0.2, 0) is 9.53 Å². The fraction of sp³-hybridized carbons (Fsp3) is 0.438. The molecule has 1 unspecified atom stereocenters. The van der Waals surface area contributed by atoms with Crippen LogP contribution in [0.15, 0.2) is 24.3 Å². The predicted octanol–water partition coefficient (Wildman–Crippen LogP) is 2.45. The Hall–Kier alpha value is -2.57. The van der Waals surface area contributed by atoms with E-state index in [0.717, 1.165) is 25.7 Å². The number of cyclic esters (lactones) is 1. The number of benzene rings is 1. The number of ether oxygens (including phenoxy) is 1. The average Bonchev–Trinajstić information content (AvgIpc) is 2.87. The molecular weight excluding hydrogens is 298 g/mol. The number of rotatable bonds is 3. The van der Waals surface area contributed by atoms with Gasteiger partial charge in [-0.05, 0) is 18.9 Å². The van der Waals surface area contributed by atoms with Gasteiger partial charge in [0.15, 0.2) is 0 Å². The quantitative estimate of drug-likeness (QED) is 0.797. The van der Waals surface area contributed by atoms with Gasteiger partial charge >= 0.3 is 12.1 Å². The van der Waals surface area contributed by atoms with Crippen LogP contribution in [-0.4, -0.2) is 24.1 Å². The minimum absolute atomic E-state index is 0.184. The molecule has 3 N–H and O–H groups in total. The van der Waals surface area contributed by atoms with Crippen molar-refractivity contribution in [2.45, 2.75) is 44.2 Å². The van der Waals surface area contributed by atoms with Crippen LogP contribution >= 0.6 is 0 Å². The molecule has 3 rings (SSSR count). The molecule has 23 heavy (non-hydrogen) atoms. The third-order valence-electron chi connectivity index (χ3n) is 4.12. The van der Waals surface area contributed by atoms with Gasteiger partial charge in [0.05, 0.1) is 0 Å². The number of amides is 4. The number of hydrogen-bond donors (Lipinski definition) is 3. The van der Waals surface area contributed by atoms with Crippen molar-refractivity contribution in [1.82, 2.24) is 10.6 Å². The summed E-state index contributed by atoms with van der Waals surface area (Å²) in [7, 11) is 0. The molecule has 1 heterocycles. The highest BCUT2D eigenvalue weighted by molar-refractivity contribution is 6.02. The molecule has 1 aliphatic carbocycles. The van der Waals surface area contributed by atoms with Gasteiger partial charge in [-0.25, -0.2) is 9.59 Å². The summed E-state index contributed by atoms with van der Waals surface area (Å²) in [4.78, 5) is 35.1. The summed E-state index contributed by atoms with van der Waals surface area (Å²) >= 11 is 0. The lowest BCUT2D eigenvalue weighted by molar-refractivity contribution is -0.123. The largest absolute Gasteiger partial charge is 0.431 e. The van der Waals surface area contributed by atoms with Crippen molar-refractivity contribution in [3.8, 4) is 0 Å². The molecule has 1 atom stereocenters. The van der Waals surface area contributed by atoms with Crippen molar-refractivity contribution in [3.63, 3.8) is 0 Å². The first-order valence-electron chi connectivity index (χ1n) is 7.81. The Morgan fingerprint density at radius 3 is 2.57 bits per heavy atom. The van der Waals surface area contributed by atoms with Crippen molar-refractivity contribution in [1.29, 1.82) is 0 Å². The first kappa shape index (κ1) is 15.3. The van der Waals surface area contributed by atoms with Crippen LogP contribution in [0.4, 0.5) is 15.3 Å². The minimum Gasteiger partial charge on any atom is -0.431 e. The zero-order valence-electron chi connectivity index (χ0n) is 12.6. The number of alkyl carbamates (subject to hydrolysis) is 1. The van der Waals surface area contributed by atoms with E-state index in [9.17, 15) is 14.4 Å². The fourth-order valence-electron chi connectivity index (χ4n) is 2.99. The van der Waals surface area contributed by atoms with E-state index in [1.807, 2.05) is 0 Å². The SMILES string of the molecule is O=C(Nc1ccccc1C1OC(=O)NC1=O)NC1CCCCC1. The van der Waals surface area contributed by atoms with Gasteiger partial charge in [0.1, 0.15) is 0 Å². The summed E-state index contributed by atoms with van der Waals surface area (Å²) in [6, 6.07) is 6.67. The van der Waals surface area contributed by atoms with Crippen molar-refractivity contribution in [2.24, 2.45) is 0 Å². The number of nitrogens with one attached hydrogen (secondary N) is 3. The molecule has 122 valence electrons. The van der Waals surface area contributed by atoms with Gasteiger partial charge in [0.25, 0.3) is 5.91 Å². The van der Waals surface area contributed by atoms with E-state index in [4.69, 9.17) is 4.74 Å². The van der Waals surface area contributed by atoms with E-state index in [0.29, 0.717) is 11.3 Å². The summed E-state index contributed by atoms with van der Waals surface area (Å²) in [5.74, 6) is -0.531. The first-order chi connectivity index (χ1) is 11.1. The number of para-hydroxylation sites is 1. The van der Waals surface area contributed by atoms with E-state index >= 15 is 0 Å². The number of imide groups is 1. The van der Waals surface area contributed by atoms with Gasteiger partial charge < -0.3 is 15.4 Å². The minimum atomic E-state index is -1.03.